The third-order valence-electron chi connectivity index (χ3n) is 3.90. The number of alkyl carbamates (subject to hydrolysis) is 1. The molecule has 2 aliphatic rings. The van der Waals surface area contributed by atoms with E-state index in [4.69, 9.17) is 9.47 Å². The average molecular weight is 241 g/mol. The predicted octanol–water partition coefficient (Wildman–Crippen LogP) is 1.61. The second kappa shape index (κ2) is 4.20. The number of carbonyl (C=O) groups is 2. The third kappa shape index (κ3) is 2.23. The van der Waals surface area contributed by atoms with Crippen LogP contribution in [0.2, 0.25) is 0 Å². The highest BCUT2D eigenvalue weighted by Gasteiger charge is 2.49. The first-order valence-electron chi connectivity index (χ1n) is 6.14. The fourth-order valence-corrected chi connectivity index (χ4v) is 2.55. The Bertz CT molecular complexity index is 331. The summed E-state index contributed by atoms with van der Waals surface area (Å²) >= 11 is 0. The standard InChI is InChI=1S/C12H19NO4/c1-3-16-9(14)11(2)4-6-12(7-5-11)8-13-10(15)17-12/h3-8H2,1-2H3,(H,13,15). The summed E-state index contributed by atoms with van der Waals surface area (Å²) in [4.78, 5) is 22.9. The molecule has 5 nitrogen and oxygen atoms in total. The number of rotatable bonds is 2. The minimum Gasteiger partial charge on any atom is -0.466 e. The maximum absolute atomic E-state index is 11.8. The van der Waals surface area contributed by atoms with Gasteiger partial charge in [-0.05, 0) is 39.5 Å². The molecule has 1 aliphatic heterocycles. The van der Waals surface area contributed by atoms with Gasteiger partial charge in [-0.15, -0.1) is 0 Å². The van der Waals surface area contributed by atoms with Crippen LogP contribution in [-0.2, 0) is 14.3 Å². The van der Waals surface area contributed by atoms with Crippen LogP contribution in [-0.4, -0.2) is 30.8 Å². The Kier molecular flexibility index (Phi) is 3.02. The zero-order valence-corrected chi connectivity index (χ0v) is 10.4. The summed E-state index contributed by atoms with van der Waals surface area (Å²) in [5.41, 5.74) is -0.806. The van der Waals surface area contributed by atoms with Crippen LogP contribution in [0.5, 0.6) is 0 Å². The molecule has 1 amide bonds. The highest BCUT2D eigenvalue weighted by Crippen LogP contribution is 2.44. The van der Waals surface area contributed by atoms with Crippen LogP contribution >= 0.6 is 0 Å². The van der Waals surface area contributed by atoms with E-state index in [1.807, 2.05) is 13.8 Å². The first-order chi connectivity index (χ1) is 8.00. The highest BCUT2D eigenvalue weighted by molar-refractivity contribution is 5.76. The van der Waals surface area contributed by atoms with E-state index in [2.05, 4.69) is 5.32 Å². The van der Waals surface area contributed by atoms with Crippen molar-refractivity contribution in [3.05, 3.63) is 0 Å². The van der Waals surface area contributed by atoms with Gasteiger partial charge in [-0.2, -0.15) is 0 Å². The molecule has 0 radical (unpaired) electrons. The van der Waals surface area contributed by atoms with Gasteiger partial charge in [-0.3, -0.25) is 4.79 Å². The molecule has 0 aromatic rings. The molecule has 1 saturated carbocycles. The number of nitrogens with one attached hydrogen (secondary N) is 1. The topological polar surface area (TPSA) is 64.6 Å². The normalized spacial score (nSPS) is 36.5. The van der Waals surface area contributed by atoms with Gasteiger partial charge >= 0.3 is 12.1 Å². The molecule has 0 unspecified atom stereocenters. The second-order valence-electron chi connectivity index (χ2n) is 5.21. The molecule has 5 heteroatoms. The minimum atomic E-state index is -0.420. The van der Waals surface area contributed by atoms with Crippen molar-refractivity contribution in [2.24, 2.45) is 5.41 Å². The van der Waals surface area contributed by atoms with Crippen LogP contribution in [0.3, 0.4) is 0 Å². The van der Waals surface area contributed by atoms with Crippen LogP contribution in [0.15, 0.2) is 0 Å². The monoisotopic (exact) mass is 241 g/mol. The van der Waals surface area contributed by atoms with Crippen molar-refractivity contribution in [3.8, 4) is 0 Å². The van der Waals surface area contributed by atoms with Gasteiger partial charge in [0, 0.05) is 0 Å². The van der Waals surface area contributed by atoms with Crippen molar-refractivity contribution in [2.45, 2.75) is 45.1 Å². The molecule has 2 rings (SSSR count). The molecular weight excluding hydrogens is 222 g/mol. The Morgan fingerprint density at radius 1 is 1.41 bits per heavy atom. The first-order valence-corrected chi connectivity index (χ1v) is 6.14. The minimum absolute atomic E-state index is 0.132. The van der Waals surface area contributed by atoms with Crippen molar-refractivity contribution in [1.29, 1.82) is 0 Å². The fraction of sp³-hybridized carbons (Fsp3) is 0.833. The molecule has 0 aromatic heterocycles. The highest BCUT2D eigenvalue weighted by atomic mass is 16.6. The predicted molar refractivity (Wildman–Crippen MR) is 60.4 cm³/mol. The summed E-state index contributed by atoms with van der Waals surface area (Å²) in [5.74, 6) is -0.132. The number of carbonyl (C=O) groups excluding carboxylic acids is 2. The molecule has 1 spiro atoms. The second-order valence-corrected chi connectivity index (χ2v) is 5.21. The van der Waals surface area contributed by atoms with Gasteiger partial charge in [0.2, 0.25) is 0 Å². The van der Waals surface area contributed by atoms with Gasteiger partial charge in [0.15, 0.2) is 0 Å². The van der Waals surface area contributed by atoms with Gasteiger partial charge < -0.3 is 14.8 Å². The first kappa shape index (κ1) is 12.2. The van der Waals surface area contributed by atoms with Gasteiger partial charge in [-0.1, -0.05) is 0 Å². The molecule has 1 saturated heterocycles. The molecule has 0 bridgehead atoms. The summed E-state index contributed by atoms with van der Waals surface area (Å²) in [6.07, 6.45) is 2.52. The SMILES string of the molecule is CCOC(=O)C1(C)CCC2(CC1)CNC(=O)O2. The number of hydrogen-bond acceptors (Lipinski definition) is 4. The third-order valence-corrected chi connectivity index (χ3v) is 3.90. The van der Waals surface area contributed by atoms with E-state index >= 15 is 0 Å². The fourth-order valence-electron chi connectivity index (χ4n) is 2.55. The van der Waals surface area contributed by atoms with E-state index in [0.717, 1.165) is 12.8 Å². The van der Waals surface area contributed by atoms with Crippen molar-refractivity contribution in [2.75, 3.05) is 13.2 Å². The molecule has 2 fully saturated rings. The molecular formula is C12H19NO4. The van der Waals surface area contributed by atoms with E-state index in [9.17, 15) is 9.59 Å². The van der Waals surface area contributed by atoms with Crippen LogP contribution in [0.25, 0.3) is 0 Å². The summed E-state index contributed by atoms with van der Waals surface area (Å²) in [6.45, 7) is 4.72. The number of hydrogen-bond donors (Lipinski definition) is 1. The van der Waals surface area contributed by atoms with E-state index in [0.29, 0.717) is 26.0 Å². The number of esters is 1. The average Bonchev–Trinajstić information content (AvgIpc) is 2.66. The summed E-state index contributed by atoms with van der Waals surface area (Å²) in [6, 6.07) is 0. The van der Waals surface area contributed by atoms with Gasteiger partial charge in [-0.25, -0.2) is 4.79 Å². The van der Waals surface area contributed by atoms with Crippen LogP contribution in [0.1, 0.15) is 39.5 Å². The van der Waals surface area contributed by atoms with E-state index in [-0.39, 0.29) is 17.7 Å². The largest absolute Gasteiger partial charge is 0.466 e. The molecule has 1 heterocycles. The van der Waals surface area contributed by atoms with E-state index in [1.54, 1.807) is 0 Å². The summed E-state index contributed by atoms with van der Waals surface area (Å²) < 4.78 is 10.4. The van der Waals surface area contributed by atoms with Gasteiger partial charge in [0.1, 0.15) is 5.60 Å². The van der Waals surface area contributed by atoms with Crippen LogP contribution in [0.4, 0.5) is 4.79 Å². The van der Waals surface area contributed by atoms with Crippen molar-refractivity contribution in [3.63, 3.8) is 0 Å². The zero-order chi connectivity index (χ0) is 12.5. The van der Waals surface area contributed by atoms with Crippen molar-refractivity contribution >= 4 is 12.1 Å². The zero-order valence-electron chi connectivity index (χ0n) is 10.4. The number of amides is 1. The lowest BCUT2D eigenvalue weighted by molar-refractivity contribution is -0.158. The summed E-state index contributed by atoms with van der Waals surface area (Å²) in [7, 11) is 0. The van der Waals surface area contributed by atoms with E-state index < -0.39 is 5.41 Å². The lowest BCUT2D eigenvalue weighted by atomic mass is 9.70. The van der Waals surface area contributed by atoms with Crippen LogP contribution < -0.4 is 5.32 Å². The molecule has 1 N–H and O–H groups in total. The van der Waals surface area contributed by atoms with Gasteiger partial charge in [0.05, 0.1) is 18.6 Å². The maximum Gasteiger partial charge on any atom is 0.407 e. The molecule has 1 aliphatic carbocycles. The number of ether oxygens (including phenoxy) is 2. The Morgan fingerprint density at radius 3 is 2.53 bits per heavy atom. The Labute approximate surface area is 101 Å². The smallest absolute Gasteiger partial charge is 0.407 e. The quantitative estimate of drug-likeness (QED) is 0.746. The molecule has 96 valence electrons. The Balaban J connectivity index is 1.97. The van der Waals surface area contributed by atoms with Crippen LogP contribution in [0, 0.1) is 5.41 Å². The Hall–Kier alpha value is -1.26. The lowest BCUT2D eigenvalue weighted by Gasteiger charge is -2.39. The van der Waals surface area contributed by atoms with Crippen molar-refractivity contribution < 1.29 is 19.1 Å². The van der Waals surface area contributed by atoms with Crippen molar-refractivity contribution in [1.82, 2.24) is 5.32 Å². The summed E-state index contributed by atoms with van der Waals surface area (Å²) in [5, 5.41) is 2.68. The molecule has 0 aromatic carbocycles. The lowest BCUT2D eigenvalue weighted by Crippen LogP contribution is -2.44. The van der Waals surface area contributed by atoms with Gasteiger partial charge in [0.25, 0.3) is 0 Å². The molecule has 0 atom stereocenters. The maximum atomic E-state index is 11.8. The molecule has 17 heavy (non-hydrogen) atoms. The van der Waals surface area contributed by atoms with E-state index in [1.165, 1.54) is 0 Å². The Morgan fingerprint density at radius 2 is 2.06 bits per heavy atom.